The van der Waals surface area contributed by atoms with Crippen LogP contribution >= 0.6 is 0 Å². The van der Waals surface area contributed by atoms with Gasteiger partial charge < -0.3 is 5.11 Å². The monoisotopic (exact) mass is 262 g/mol. The maximum absolute atomic E-state index is 13.0. The molecule has 0 saturated heterocycles. The quantitative estimate of drug-likeness (QED) is 0.808. The number of halogens is 4. The van der Waals surface area contributed by atoms with Crippen molar-refractivity contribution in [2.45, 2.75) is 43.9 Å². The van der Waals surface area contributed by atoms with Crippen molar-refractivity contribution in [3.8, 4) is 0 Å². The minimum atomic E-state index is -4.59. The normalized spacial score (nSPS) is 21.5. The van der Waals surface area contributed by atoms with E-state index in [-0.39, 0.29) is 18.2 Å². The summed E-state index contributed by atoms with van der Waals surface area (Å²) in [5, 5.41) is 9.12. The average molecular weight is 262 g/mol. The number of fused-ring (bicyclic) bond motifs is 1. The summed E-state index contributed by atoms with van der Waals surface area (Å²) < 4.78 is 50.0. The molecule has 0 bridgehead atoms. The highest BCUT2D eigenvalue weighted by molar-refractivity contribution is 5.33. The Hall–Kier alpha value is -1.10. The summed E-state index contributed by atoms with van der Waals surface area (Å²) in [6, 6.07) is 4.18. The highest BCUT2D eigenvalue weighted by atomic mass is 19.4. The van der Waals surface area contributed by atoms with Crippen LogP contribution in [0.3, 0.4) is 0 Å². The molecule has 1 aliphatic rings. The Morgan fingerprint density at radius 1 is 1.33 bits per heavy atom. The molecule has 0 radical (unpaired) electrons. The smallest absolute Gasteiger partial charge is 0.384 e. The Morgan fingerprint density at radius 2 is 2.06 bits per heavy atom. The van der Waals surface area contributed by atoms with Crippen molar-refractivity contribution in [2.24, 2.45) is 0 Å². The van der Waals surface area contributed by atoms with Crippen molar-refractivity contribution in [2.75, 3.05) is 0 Å². The minimum Gasteiger partial charge on any atom is -0.384 e. The van der Waals surface area contributed by atoms with E-state index in [1.165, 1.54) is 18.2 Å². The van der Waals surface area contributed by atoms with Crippen LogP contribution in [0.2, 0.25) is 0 Å². The van der Waals surface area contributed by atoms with Crippen LogP contribution in [0, 0.1) is 5.82 Å². The average Bonchev–Trinajstić information content (AvgIpc) is 2.27. The van der Waals surface area contributed by atoms with Gasteiger partial charge in [0, 0.05) is 0 Å². The highest BCUT2D eigenvalue weighted by Crippen LogP contribution is 2.37. The molecule has 0 amide bonds. The molecule has 5 heteroatoms. The van der Waals surface area contributed by atoms with Gasteiger partial charge in [-0.15, -0.1) is 0 Å². The lowest BCUT2D eigenvalue weighted by molar-refractivity contribution is -0.206. The summed E-state index contributed by atoms with van der Waals surface area (Å²) in [6.07, 6.45) is -5.22. The molecule has 1 aromatic carbocycles. The number of benzene rings is 1. The summed E-state index contributed by atoms with van der Waals surface area (Å²) >= 11 is 0. The van der Waals surface area contributed by atoms with Gasteiger partial charge in [-0.25, -0.2) is 4.39 Å². The fraction of sp³-hybridized carbons (Fsp3) is 0.538. The zero-order chi connectivity index (χ0) is 13.3. The molecule has 100 valence electrons. The van der Waals surface area contributed by atoms with E-state index in [0.717, 1.165) is 17.5 Å². The number of hydrogen-bond acceptors (Lipinski definition) is 1. The van der Waals surface area contributed by atoms with E-state index in [1.807, 2.05) is 0 Å². The second-order valence-corrected chi connectivity index (χ2v) is 4.73. The number of alkyl halides is 3. The fourth-order valence-corrected chi connectivity index (χ4v) is 2.53. The van der Waals surface area contributed by atoms with Crippen molar-refractivity contribution < 1.29 is 22.7 Å². The van der Waals surface area contributed by atoms with Crippen molar-refractivity contribution in [3.05, 3.63) is 35.1 Å². The van der Waals surface area contributed by atoms with Crippen LogP contribution in [0.5, 0.6) is 0 Å². The Labute approximate surface area is 102 Å². The Kier molecular flexibility index (Phi) is 3.61. The third-order valence-electron chi connectivity index (χ3n) is 3.43. The summed E-state index contributed by atoms with van der Waals surface area (Å²) in [5.41, 5.74) is 1.51. The predicted octanol–water partition coefficient (Wildman–Crippen LogP) is 3.56. The van der Waals surface area contributed by atoms with Gasteiger partial charge in [-0.2, -0.15) is 13.2 Å². The molecule has 1 nitrogen and oxygen atoms in total. The standard InChI is InChI=1S/C13H14F4O/c14-10-4-5-11-8(6-10)2-1-3-9(11)7-12(18)13(15,16)17/h4-6,9,12,18H,1-3,7H2. The Bertz CT molecular complexity index is 427. The third kappa shape index (κ3) is 2.83. The molecule has 1 aliphatic carbocycles. The van der Waals surface area contributed by atoms with Crippen molar-refractivity contribution in [1.82, 2.24) is 0 Å². The van der Waals surface area contributed by atoms with Gasteiger partial charge in [-0.05, 0) is 54.9 Å². The molecule has 0 fully saturated rings. The molecule has 2 atom stereocenters. The van der Waals surface area contributed by atoms with E-state index < -0.39 is 12.3 Å². The zero-order valence-electron chi connectivity index (χ0n) is 9.67. The number of aliphatic hydroxyl groups is 1. The molecule has 0 spiro atoms. The molecule has 0 saturated carbocycles. The number of aliphatic hydroxyl groups excluding tert-OH is 1. The van der Waals surface area contributed by atoms with Crippen LogP contribution in [0.15, 0.2) is 18.2 Å². The van der Waals surface area contributed by atoms with Crippen LogP contribution in [0.4, 0.5) is 17.6 Å². The van der Waals surface area contributed by atoms with E-state index in [0.29, 0.717) is 12.8 Å². The SMILES string of the molecule is OC(CC1CCCc2cc(F)ccc21)C(F)(F)F. The molecular weight excluding hydrogens is 248 g/mol. The van der Waals surface area contributed by atoms with E-state index in [4.69, 9.17) is 5.11 Å². The van der Waals surface area contributed by atoms with Gasteiger partial charge in [0.25, 0.3) is 0 Å². The molecule has 0 aliphatic heterocycles. The first kappa shape index (κ1) is 13.3. The van der Waals surface area contributed by atoms with Crippen LogP contribution < -0.4 is 0 Å². The maximum Gasteiger partial charge on any atom is 0.414 e. The maximum atomic E-state index is 13.0. The first-order chi connectivity index (χ1) is 8.38. The number of aryl methyl sites for hydroxylation is 1. The van der Waals surface area contributed by atoms with Gasteiger partial charge in [0.1, 0.15) is 11.9 Å². The third-order valence-corrected chi connectivity index (χ3v) is 3.43. The van der Waals surface area contributed by atoms with Gasteiger partial charge in [-0.3, -0.25) is 0 Å². The van der Waals surface area contributed by atoms with Crippen LogP contribution in [-0.4, -0.2) is 17.4 Å². The van der Waals surface area contributed by atoms with Gasteiger partial charge in [0.15, 0.2) is 0 Å². The largest absolute Gasteiger partial charge is 0.414 e. The molecule has 1 N–H and O–H groups in total. The molecule has 1 aromatic rings. The lowest BCUT2D eigenvalue weighted by Gasteiger charge is -2.28. The van der Waals surface area contributed by atoms with Crippen LogP contribution in [0.25, 0.3) is 0 Å². The molecule has 0 aromatic heterocycles. The van der Waals surface area contributed by atoms with Crippen LogP contribution in [0.1, 0.15) is 36.3 Å². The van der Waals surface area contributed by atoms with Gasteiger partial charge in [0.2, 0.25) is 0 Å². The molecule has 2 rings (SSSR count). The van der Waals surface area contributed by atoms with Crippen molar-refractivity contribution >= 4 is 0 Å². The summed E-state index contributed by atoms with van der Waals surface area (Å²) in [7, 11) is 0. The molecule has 2 unspecified atom stereocenters. The van der Waals surface area contributed by atoms with Crippen molar-refractivity contribution in [3.63, 3.8) is 0 Å². The van der Waals surface area contributed by atoms with E-state index in [2.05, 4.69) is 0 Å². The molecule has 0 heterocycles. The van der Waals surface area contributed by atoms with E-state index in [9.17, 15) is 17.6 Å². The summed E-state index contributed by atoms with van der Waals surface area (Å²) in [4.78, 5) is 0. The fourth-order valence-electron chi connectivity index (χ4n) is 2.53. The van der Waals surface area contributed by atoms with Gasteiger partial charge >= 0.3 is 6.18 Å². The predicted molar refractivity (Wildman–Crippen MR) is 58.8 cm³/mol. The number of rotatable bonds is 2. The second kappa shape index (κ2) is 4.88. The lowest BCUT2D eigenvalue weighted by Crippen LogP contribution is -2.31. The first-order valence-electron chi connectivity index (χ1n) is 5.91. The molecular formula is C13H14F4O. The zero-order valence-corrected chi connectivity index (χ0v) is 9.67. The Balaban J connectivity index is 2.18. The molecule has 18 heavy (non-hydrogen) atoms. The highest BCUT2D eigenvalue weighted by Gasteiger charge is 2.40. The minimum absolute atomic E-state index is 0.342. The van der Waals surface area contributed by atoms with Gasteiger partial charge in [-0.1, -0.05) is 6.07 Å². The topological polar surface area (TPSA) is 20.2 Å². The summed E-state index contributed by atoms with van der Waals surface area (Å²) in [5.74, 6) is -0.711. The van der Waals surface area contributed by atoms with Gasteiger partial charge in [0.05, 0.1) is 0 Å². The number of hydrogen-bond donors (Lipinski definition) is 1. The second-order valence-electron chi connectivity index (χ2n) is 4.73. The lowest BCUT2D eigenvalue weighted by atomic mass is 9.80. The first-order valence-corrected chi connectivity index (χ1v) is 5.91. The van der Waals surface area contributed by atoms with Crippen LogP contribution in [-0.2, 0) is 6.42 Å². The van der Waals surface area contributed by atoms with E-state index >= 15 is 0 Å². The van der Waals surface area contributed by atoms with E-state index in [1.54, 1.807) is 0 Å². The summed E-state index contributed by atoms with van der Waals surface area (Å²) in [6.45, 7) is 0. The van der Waals surface area contributed by atoms with Crippen molar-refractivity contribution in [1.29, 1.82) is 0 Å². The Morgan fingerprint density at radius 3 is 2.72 bits per heavy atom.